The zero-order chi connectivity index (χ0) is 15.5. The number of morpholine rings is 1. The summed E-state index contributed by atoms with van der Waals surface area (Å²) in [6.07, 6.45) is 7.01. The summed E-state index contributed by atoms with van der Waals surface area (Å²) in [6, 6.07) is 0. The Morgan fingerprint density at radius 3 is 2.86 bits per heavy atom. The molecular weight excluding hydrogens is 391 g/mol. The summed E-state index contributed by atoms with van der Waals surface area (Å²) in [7, 11) is 6.07. The van der Waals surface area contributed by atoms with Gasteiger partial charge in [0, 0.05) is 40.3 Å². The van der Waals surface area contributed by atoms with Crippen LogP contribution in [0.25, 0.3) is 0 Å². The van der Waals surface area contributed by atoms with E-state index >= 15 is 0 Å². The van der Waals surface area contributed by atoms with Gasteiger partial charge in [-0.15, -0.1) is 30.6 Å². The van der Waals surface area contributed by atoms with Crippen molar-refractivity contribution >= 4 is 29.9 Å². The van der Waals surface area contributed by atoms with Crippen LogP contribution in [0.5, 0.6) is 0 Å². The van der Waals surface area contributed by atoms with E-state index in [2.05, 4.69) is 40.8 Å². The molecule has 1 aliphatic rings. The van der Waals surface area contributed by atoms with Gasteiger partial charge in [-0.2, -0.15) is 0 Å². The highest BCUT2D eigenvalue weighted by molar-refractivity contribution is 14.0. The van der Waals surface area contributed by atoms with Crippen LogP contribution < -0.4 is 5.32 Å². The highest BCUT2D eigenvalue weighted by Crippen LogP contribution is 2.03. The average Bonchev–Trinajstić information content (AvgIpc) is 2.48. The number of likely N-dealkylation sites (N-methyl/N-ethyl adjacent to an activating group) is 1. The summed E-state index contributed by atoms with van der Waals surface area (Å²) in [5.41, 5.74) is 0. The second-order valence-corrected chi connectivity index (χ2v) is 5.74. The van der Waals surface area contributed by atoms with E-state index in [1.165, 1.54) is 19.3 Å². The number of hydrogen-bond acceptors (Lipinski definition) is 3. The van der Waals surface area contributed by atoms with Crippen molar-refractivity contribution in [1.82, 2.24) is 15.1 Å². The molecule has 22 heavy (non-hydrogen) atoms. The minimum absolute atomic E-state index is 0. The van der Waals surface area contributed by atoms with Crippen molar-refractivity contribution < 1.29 is 4.74 Å². The van der Waals surface area contributed by atoms with Crippen LogP contribution in [0.2, 0.25) is 0 Å². The molecule has 130 valence electrons. The molecule has 6 heteroatoms. The molecule has 0 aromatic heterocycles. The fourth-order valence-corrected chi connectivity index (χ4v) is 2.50. The fraction of sp³-hybridized carbons (Fsp3) is 0.812. The van der Waals surface area contributed by atoms with Crippen LogP contribution in [0.3, 0.4) is 0 Å². The maximum Gasteiger partial charge on any atom is 0.193 e. The first-order chi connectivity index (χ1) is 10.2. The summed E-state index contributed by atoms with van der Waals surface area (Å²) in [6.45, 7) is 8.43. The second-order valence-electron chi connectivity index (χ2n) is 5.74. The van der Waals surface area contributed by atoms with Crippen molar-refractivity contribution in [1.29, 1.82) is 0 Å². The molecule has 0 spiro atoms. The monoisotopic (exact) mass is 424 g/mol. The zero-order valence-electron chi connectivity index (χ0n) is 14.4. The lowest BCUT2D eigenvalue weighted by Crippen LogP contribution is -2.48. The number of allylic oxidation sites excluding steroid dienone is 1. The van der Waals surface area contributed by atoms with Crippen LogP contribution in [-0.4, -0.2) is 75.8 Å². The maximum atomic E-state index is 5.76. The molecule has 0 bridgehead atoms. The molecule has 5 nitrogen and oxygen atoms in total. The third-order valence-electron chi connectivity index (χ3n) is 3.80. The Morgan fingerprint density at radius 1 is 1.45 bits per heavy atom. The largest absolute Gasteiger partial charge is 0.374 e. The van der Waals surface area contributed by atoms with E-state index in [0.29, 0.717) is 0 Å². The second kappa shape index (κ2) is 13.1. The molecule has 1 N–H and O–H groups in total. The standard InChI is InChI=1S/C16H32N4O.HI/c1-5-6-7-8-9-10-20(4)16(17-2)18-13-15-14-19(3)11-12-21-15;/h5,15H,1,6-14H2,2-4H3,(H,17,18);1H. The third kappa shape index (κ3) is 8.95. The van der Waals surface area contributed by atoms with E-state index in [-0.39, 0.29) is 30.1 Å². The van der Waals surface area contributed by atoms with E-state index in [1.54, 1.807) is 0 Å². The van der Waals surface area contributed by atoms with Crippen LogP contribution in [-0.2, 0) is 4.74 Å². The zero-order valence-corrected chi connectivity index (χ0v) is 16.7. The van der Waals surface area contributed by atoms with Crippen LogP contribution in [0.15, 0.2) is 17.6 Å². The summed E-state index contributed by atoms with van der Waals surface area (Å²) >= 11 is 0. The van der Waals surface area contributed by atoms with Gasteiger partial charge in [-0.1, -0.05) is 12.5 Å². The van der Waals surface area contributed by atoms with Gasteiger partial charge in [0.05, 0.1) is 12.7 Å². The van der Waals surface area contributed by atoms with Crippen molar-refractivity contribution in [3.63, 3.8) is 0 Å². The minimum atomic E-state index is 0. The summed E-state index contributed by atoms with van der Waals surface area (Å²) in [5, 5.41) is 3.42. The normalized spacial score (nSPS) is 19.4. The van der Waals surface area contributed by atoms with Crippen molar-refractivity contribution in [2.45, 2.75) is 31.8 Å². The highest BCUT2D eigenvalue weighted by atomic mass is 127. The van der Waals surface area contributed by atoms with Crippen LogP contribution in [0.4, 0.5) is 0 Å². The van der Waals surface area contributed by atoms with Gasteiger partial charge in [0.1, 0.15) is 0 Å². The van der Waals surface area contributed by atoms with Gasteiger partial charge in [-0.3, -0.25) is 4.99 Å². The number of ether oxygens (including phenoxy) is 1. The first kappa shape index (κ1) is 21.7. The minimum Gasteiger partial charge on any atom is -0.374 e. The van der Waals surface area contributed by atoms with Gasteiger partial charge >= 0.3 is 0 Å². The van der Waals surface area contributed by atoms with Crippen LogP contribution in [0.1, 0.15) is 25.7 Å². The quantitative estimate of drug-likeness (QED) is 0.213. The van der Waals surface area contributed by atoms with E-state index in [1.807, 2.05) is 13.1 Å². The Morgan fingerprint density at radius 2 is 2.23 bits per heavy atom. The topological polar surface area (TPSA) is 40.1 Å². The number of hydrogen-bond donors (Lipinski definition) is 1. The molecule has 0 aliphatic carbocycles. The molecule has 0 radical (unpaired) electrons. The molecule has 0 aromatic carbocycles. The van der Waals surface area contributed by atoms with Gasteiger partial charge in [-0.25, -0.2) is 0 Å². The number of aliphatic imine (C=N–C) groups is 1. The molecule has 0 aromatic rings. The van der Waals surface area contributed by atoms with Gasteiger partial charge in [0.15, 0.2) is 5.96 Å². The van der Waals surface area contributed by atoms with Crippen molar-refractivity contribution in [3.05, 3.63) is 12.7 Å². The lowest BCUT2D eigenvalue weighted by molar-refractivity contribution is -0.0163. The van der Waals surface area contributed by atoms with E-state index < -0.39 is 0 Å². The number of guanidine groups is 1. The Bertz CT molecular complexity index is 325. The van der Waals surface area contributed by atoms with Crippen molar-refractivity contribution in [2.75, 3.05) is 53.9 Å². The number of halogens is 1. The fourth-order valence-electron chi connectivity index (χ4n) is 2.50. The Hall–Kier alpha value is -0.340. The summed E-state index contributed by atoms with van der Waals surface area (Å²) in [4.78, 5) is 8.85. The van der Waals surface area contributed by atoms with Crippen LogP contribution in [0, 0.1) is 0 Å². The molecule has 1 rings (SSSR count). The highest BCUT2D eigenvalue weighted by Gasteiger charge is 2.18. The molecular formula is C16H33IN4O. The van der Waals surface area contributed by atoms with Crippen molar-refractivity contribution in [3.8, 4) is 0 Å². The number of unbranched alkanes of at least 4 members (excludes halogenated alkanes) is 3. The SMILES string of the molecule is C=CCCCCCN(C)C(=NC)NCC1CN(C)CCO1.I. The predicted octanol–water partition coefficient (Wildman–Crippen LogP) is 2.19. The first-order valence-electron chi connectivity index (χ1n) is 8.00. The first-order valence-corrected chi connectivity index (χ1v) is 8.00. The number of nitrogens with zero attached hydrogens (tertiary/aromatic N) is 3. The number of rotatable bonds is 8. The predicted molar refractivity (Wildman–Crippen MR) is 105 cm³/mol. The molecule has 1 aliphatic heterocycles. The summed E-state index contributed by atoms with van der Waals surface area (Å²) in [5.74, 6) is 0.954. The average molecular weight is 424 g/mol. The summed E-state index contributed by atoms with van der Waals surface area (Å²) < 4.78 is 5.76. The van der Waals surface area contributed by atoms with E-state index in [0.717, 1.165) is 45.2 Å². The molecule has 0 amide bonds. The van der Waals surface area contributed by atoms with Crippen molar-refractivity contribution in [2.24, 2.45) is 4.99 Å². The Balaban J connectivity index is 0.00000441. The lowest BCUT2D eigenvalue weighted by Gasteiger charge is -2.31. The Labute approximate surface area is 153 Å². The molecule has 1 saturated heterocycles. The lowest BCUT2D eigenvalue weighted by atomic mass is 10.2. The van der Waals surface area contributed by atoms with Gasteiger partial charge in [0.25, 0.3) is 0 Å². The maximum absolute atomic E-state index is 5.76. The molecule has 1 heterocycles. The molecule has 1 fully saturated rings. The van der Waals surface area contributed by atoms with Gasteiger partial charge in [0.2, 0.25) is 0 Å². The molecule has 1 atom stereocenters. The van der Waals surface area contributed by atoms with Gasteiger partial charge in [-0.05, 0) is 26.3 Å². The van der Waals surface area contributed by atoms with E-state index in [9.17, 15) is 0 Å². The third-order valence-corrected chi connectivity index (χ3v) is 3.80. The molecule has 1 unspecified atom stereocenters. The smallest absolute Gasteiger partial charge is 0.193 e. The van der Waals surface area contributed by atoms with E-state index in [4.69, 9.17) is 4.74 Å². The number of nitrogens with one attached hydrogen (secondary N) is 1. The van der Waals surface area contributed by atoms with Gasteiger partial charge < -0.3 is 19.9 Å². The molecule has 0 saturated carbocycles. The van der Waals surface area contributed by atoms with Crippen LogP contribution >= 0.6 is 24.0 Å². The Kier molecular flexibility index (Phi) is 12.9.